The minimum atomic E-state index is 0.521. The van der Waals surface area contributed by atoms with Crippen LogP contribution in [0.15, 0.2) is 63.6 Å². The van der Waals surface area contributed by atoms with E-state index >= 15 is 0 Å². The molecule has 2 aromatic heterocycles. The second kappa shape index (κ2) is 8.45. The van der Waals surface area contributed by atoms with Crippen LogP contribution in [0.4, 0.5) is 0 Å². The molecule has 8 heteroatoms. The smallest absolute Gasteiger partial charge is 0.277 e. The zero-order chi connectivity index (χ0) is 19.3. The lowest BCUT2D eigenvalue weighted by atomic mass is 10.2. The molecule has 0 saturated heterocycles. The number of hydrogen-bond acceptors (Lipinski definition) is 8. The molecule has 2 heterocycles. The topological polar surface area (TPSA) is 70.3 Å². The van der Waals surface area contributed by atoms with Crippen molar-refractivity contribution < 1.29 is 13.9 Å². The maximum Gasteiger partial charge on any atom is 0.277 e. The molecule has 0 amide bonds. The van der Waals surface area contributed by atoms with Gasteiger partial charge in [-0.1, -0.05) is 30.0 Å². The predicted molar refractivity (Wildman–Crippen MR) is 110 cm³/mol. The summed E-state index contributed by atoms with van der Waals surface area (Å²) in [5.41, 5.74) is 2.86. The molecule has 0 aliphatic rings. The molecule has 0 unspecified atom stereocenters. The lowest BCUT2D eigenvalue weighted by Crippen LogP contribution is -1.90. The van der Waals surface area contributed by atoms with E-state index in [1.54, 1.807) is 25.6 Å². The second-order valence-electron chi connectivity index (χ2n) is 5.74. The standard InChI is InChI=1S/C20H17N3O3S2/c1-24-16-9-8-14(10-17(16)25-2)19-21-15(11-27-19)12-28-20-23-22-18(26-20)13-6-4-3-5-7-13/h3-11H,12H2,1-2H3. The SMILES string of the molecule is COc1ccc(-c2nc(CSc3nnc(-c4ccccc4)o3)cs2)cc1OC. The largest absolute Gasteiger partial charge is 0.493 e. The average molecular weight is 412 g/mol. The number of methoxy groups -OCH3 is 2. The van der Waals surface area contributed by atoms with E-state index < -0.39 is 0 Å². The van der Waals surface area contributed by atoms with Gasteiger partial charge < -0.3 is 13.9 Å². The molecular formula is C20H17N3O3S2. The van der Waals surface area contributed by atoms with Crippen molar-refractivity contribution >= 4 is 23.1 Å². The molecule has 0 spiro atoms. The van der Waals surface area contributed by atoms with E-state index in [0.717, 1.165) is 21.8 Å². The van der Waals surface area contributed by atoms with Gasteiger partial charge in [-0.15, -0.1) is 21.5 Å². The van der Waals surface area contributed by atoms with Gasteiger partial charge in [-0.25, -0.2) is 4.98 Å². The Kier molecular flexibility index (Phi) is 5.59. The number of rotatable bonds is 7. The van der Waals surface area contributed by atoms with Crippen LogP contribution in [0, 0.1) is 0 Å². The normalized spacial score (nSPS) is 10.8. The first kappa shape index (κ1) is 18.5. The molecule has 0 radical (unpaired) electrons. The van der Waals surface area contributed by atoms with Crippen molar-refractivity contribution in [1.82, 2.24) is 15.2 Å². The fourth-order valence-electron chi connectivity index (χ4n) is 2.58. The Hall–Kier alpha value is -2.84. The Balaban J connectivity index is 1.44. The highest BCUT2D eigenvalue weighted by Crippen LogP contribution is 2.34. The highest BCUT2D eigenvalue weighted by Gasteiger charge is 2.12. The fraction of sp³-hybridized carbons (Fsp3) is 0.150. The summed E-state index contributed by atoms with van der Waals surface area (Å²) in [5, 5.41) is 11.7. The van der Waals surface area contributed by atoms with Gasteiger partial charge >= 0.3 is 0 Å². The zero-order valence-corrected chi connectivity index (χ0v) is 16.9. The average Bonchev–Trinajstić information content (AvgIpc) is 3.42. The highest BCUT2D eigenvalue weighted by atomic mass is 32.2. The molecule has 4 rings (SSSR count). The molecule has 142 valence electrons. The van der Waals surface area contributed by atoms with Crippen LogP contribution in [-0.2, 0) is 5.75 Å². The van der Waals surface area contributed by atoms with Crippen molar-refractivity contribution in [3.63, 3.8) is 0 Å². The molecule has 0 fully saturated rings. The molecule has 2 aromatic carbocycles. The maximum atomic E-state index is 5.72. The van der Waals surface area contributed by atoms with Crippen LogP contribution >= 0.6 is 23.1 Å². The highest BCUT2D eigenvalue weighted by molar-refractivity contribution is 7.98. The lowest BCUT2D eigenvalue weighted by molar-refractivity contribution is 0.355. The van der Waals surface area contributed by atoms with Crippen molar-refractivity contribution in [3.8, 4) is 33.5 Å². The Morgan fingerprint density at radius 2 is 1.79 bits per heavy atom. The Bertz CT molecular complexity index is 1060. The monoisotopic (exact) mass is 411 g/mol. The Labute approximate surface area is 170 Å². The van der Waals surface area contributed by atoms with Crippen molar-refractivity contribution in [1.29, 1.82) is 0 Å². The number of benzene rings is 2. The zero-order valence-electron chi connectivity index (χ0n) is 15.3. The number of aromatic nitrogens is 3. The van der Waals surface area contributed by atoms with Crippen molar-refractivity contribution in [2.75, 3.05) is 14.2 Å². The minimum Gasteiger partial charge on any atom is -0.493 e. The first-order valence-electron chi connectivity index (χ1n) is 8.45. The van der Waals surface area contributed by atoms with Crippen LogP contribution in [0.3, 0.4) is 0 Å². The summed E-state index contributed by atoms with van der Waals surface area (Å²) in [6.07, 6.45) is 0. The van der Waals surface area contributed by atoms with E-state index in [4.69, 9.17) is 18.9 Å². The molecule has 0 saturated carbocycles. The van der Waals surface area contributed by atoms with Crippen molar-refractivity contribution in [2.24, 2.45) is 0 Å². The summed E-state index contributed by atoms with van der Waals surface area (Å²) < 4.78 is 16.4. The number of thioether (sulfide) groups is 1. The van der Waals surface area contributed by atoms with E-state index in [1.807, 2.05) is 53.9 Å². The molecule has 0 aliphatic carbocycles. The molecular weight excluding hydrogens is 394 g/mol. The van der Waals surface area contributed by atoms with Gasteiger partial charge in [-0.2, -0.15) is 0 Å². The number of hydrogen-bond donors (Lipinski definition) is 0. The molecule has 6 nitrogen and oxygen atoms in total. The number of thiazole rings is 1. The van der Waals surface area contributed by atoms with E-state index in [9.17, 15) is 0 Å². The van der Waals surface area contributed by atoms with Gasteiger partial charge in [-0.3, -0.25) is 0 Å². The van der Waals surface area contributed by atoms with Crippen LogP contribution in [-0.4, -0.2) is 29.4 Å². The van der Waals surface area contributed by atoms with Gasteiger partial charge in [0.2, 0.25) is 5.89 Å². The summed E-state index contributed by atoms with van der Waals surface area (Å²) >= 11 is 3.06. The van der Waals surface area contributed by atoms with Crippen LogP contribution in [0.5, 0.6) is 11.5 Å². The van der Waals surface area contributed by atoms with Gasteiger partial charge in [0, 0.05) is 22.3 Å². The Morgan fingerprint density at radius 3 is 2.57 bits per heavy atom. The van der Waals surface area contributed by atoms with Gasteiger partial charge in [0.1, 0.15) is 5.01 Å². The third kappa shape index (κ3) is 4.02. The molecule has 0 N–H and O–H groups in total. The first-order valence-corrected chi connectivity index (χ1v) is 10.3. The maximum absolute atomic E-state index is 5.72. The quantitative estimate of drug-likeness (QED) is 0.389. The minimum absolute atomic E-state index is 0.521. The summed E-state index contributed by atoms with van der Waals surface area (Å²) in [6, 6.07) is 15.5. The third-order valence-electron chi connectivity index (χ3n) is 3.95. The van der Waals surface area contributed by atoms with Crippen molar-refractivity contribution in [3.05, 3.63) is 59.6 Å². The molecule has 0 bridgehead atoms. The number of ether oxygens (including phenoxy) is 2. The summed E-state index contributed by atoms with van der Waals surface area (Å²) in [4.78, 5) is 4.70. The van der Waals surface area contributed by atoms with E-state index in [2.05, 4.69) is 10.2 Å². The van der Waals surface area contributed by atoms with E-state index in [-0.39, 0.29) is 0 Å². The molecule has 0 aliphatic heterocycles. The second-order valence-corrected chi connectivity index (χ2v) is 7.53. The molecule has 28 heavy (non-hydrogen) atoms. The Morgan fingerprint density at radius 1 is 0.964 bits per heavy atom. The van der Waals surface area contributed by atoms with E-state index in [1.165, 1.54) is 11.8 Å². The first-order chi connectivity index (χ1) is 13.8. The lowest BCUT2D eigenvalue weighted by Gasteiger charge is -2.08. The third-order valence-corrected chi connectivity index (χ3v) is 5.75. The number of nitrogens with zero attached hydrogens (tertiary/aromatic N) is 3. The van der Waals surface area contributed by atoms with Gasteiger partial charge in [0.05, 0.1) is 19.9 Å². The summed E-state index contributed by atoms with van der Waals surface area (Å²) in [6.45, 7) is 0. The van der Waals surface area contributed by atoms with Gasteiger partial charge in [-0.05, 0) is 30.3 Å². The van der Waals surface area contributed by atoms with Crippen molar-refractivity contribution in [2.45, 2.75) is 11.0 Å². The van der Waals surface area contributed by atoms with E-state index in [0.29, 0.717) is 28.4 Å². The summed E-state index contributed by atoms with van der Waals surface area (Å²) in [5.74, 6) is 2.56. The van der Waals surface area contributed by atoms with Gasteiger partial charge in [0.25, 0.3) is 5.22 Å². The van der Waals surface area contributed by atoms with Crippen LogP contribution in [0.1, 0.15) is 5.69 Å². The summed E-state index contributed by atoms with van der Waals surface area (Å²) in [7, 11) is 3.25. The fourth-order valence-corrected chi connectivity index (χ4v) is 4.15. The predicted octanol–water partition coefficient (Wildman–Crippen LogP) is 5.17. The van der Waals surface area contributed by atoms with Gasteiger partial charge in [0.15, 0.2) is 11.5 Å². The van der Waals surface area contributed by atoms with Crippen LogP contribution in [0.25, 0.3) is 22.0 Å². The van der Waals surface area contributed by atoms with Crippen LogP contribution in [0.2, 0.25) is 0 Å². The molecule has 4 aromatic rings. The molecule has 0 atom stereocenters. The van der Waals surface area contributed by atoms with Crippen LogP contribution < -0.4 is 9.47 Å².